The molecule has 2 atom stereocenters. The van der Waals surface area contributed by atoms with E-state index in [1.807, 2.05) is 0 Å². The van der Waals surface area contributed by atoms with Gasteiger partial charge in [0.05, 0.1) is 0 Å². The summed E-state index contributed by atoms with van der Waals surface area (Å²) < 4.78 is 0. The molecule has 2 aliphatic rings. The molecule has 2 unspecified atom stereocenters. The Labute approximate surface area is 112 Å². The third-order valence-corrected chi connectivity index (χ3v) is 4.48. The number of Topliss-reactive ketones (excluding diaryl/α,β-unsaturated/α-hetero) is 1. The van der Waals surface area contributed by atoms with Gasteiger partial charge in [-0.2, -0.15) is 0 Å². The molecule has 68 valence electrons. The fraction of sp³-hybridized carbons (Fsp3) is 0.900. The Bertz CT molecular complexity index is 235. The molecule has 0 saturated heterocycles. The zero-order valence-corrected chi connectivity index (χ0v) is 13.4. The van der Waals surface area contributed by atoms with Crippen LogP contribution in [-0.4, -0.2) is 28.8 Å². The molecule has 0 aromatic heterocycles. The van der Waals surface area contributed by atoms with Crippen molar-refractivity contribution in [3.63, 3.8) is 0 Å². The molecule has 2 rings (SSSR count). The largest absolute Gasteiger partial charge is 2.00 e. The van der Waals surface area contributed by atoms with Crippen LogP contribution in [0.25, 0.3) is 0 Å². The van der Waals surface area contributed by atoms with E-state index in [1.54, 1.807) is 0 Å². The second-order valence-electron chi connectivity index (χ2n) is 4.92. The van der Waals surface area contributed by atoms with Crippen molar-refractivity contribution in [1.82, 2.24) is 0 Å². The first-order chi connectivity index (χ1) is 4.98. The number of hydrogen-bond acceptors (Lipinski definition) is 1. The standard InChI is InChI=1S/C10H16O.Mg.Zn.2H/c1-9(2)7-4-5-10(9,3)8(11)6-7;;;;/h7H,4-6H2,1-3H3;;;;/q;+2;;2*-1. The van der Waals surface area contributed by atoms with Crippen molar-refractivity contribution in [2.45, 2.75) is 40.0 Å². The van der Waals surface area contributed by atoms with E-state index >= 15 is 0 Å². The minimum Gasteiger partial charge on any atom is -1.00 e. The third kappa shape index (κ3) is 1.55. The second kappa shape index (κ2) is 3.90. The Kier molecular flexibility index (Phi) is 4.22. The number of fused-ring (bicyclic) bond motifs is 2. The van der Waals surface area contributed by atoms with Crippen LogP contribution in [0.1, 0.15) is 42.9 Å². The fourth-order valence-electron chi connectivity index (χ4n) is 2.90. The van der Waals surface area contributed by atoms with Crippen LogP contribution < -0.4 is 0 Å². The van der Waals surface area contributed by atoms with E-state index in [4.69, 9.17) is 0 Å². The number of carbonyl (C=O) groups is 1. The quantitative estimate of drug-likeness (QED) is 0.597. The summed E-state index contributed by atoms with van der Waals surface area (Å²) in [6.45, 7) is 6.67. The van der Waals surface area contributed by atoms with Crippen LogP contribution in [0.5, 0.6) is 0 Å². The predicted octanol–water partition coefficient (Wildman–Crippen LogP) is 2.24. The van der Waals surface area contributed by atoms with Crippen molar-refractivity contribution in [3.05, 3.63) is 0 Å². The molecule has 0 aliphatic heterocycles. The molecular formula is C10H18MgOZn. The molecule has 0 radical (unpaired) electrons. The summed E-state index contributed by atoms with van der Waals surface area (Å²) in [5.74, 6) is 1.19. The molecule has 2 fully saturated rings. The minimum atomic E-state index is 0. The maximum Gasteiger partial charge on any atom is 2.00 e. The van der Waals surface area contributed by atoms with Crippen LogP contribution in [0.15, 0.2) is 0 Å². The maximum atomic E-state index is 11.6. The molecule has 0 heterocycles. The first-order valence-corrected chi connectivity index (χ1v) is 4.52. The number of carbonyl (C=O) groups excluding carboxylic acids is 1. The average molecular weight is 244 g/mol. The second-order valence-corrected chi connectivity index (χ2v) is 4.92. The molecule has 0 N–H and O–H groups in total. The van der Waals surface area contributed by atoms with Gasteiger partial charge in [-0.05, 0) is 24.2 Å². The van der Waals surface area contributed by atoms with Gasteiger partial charge in [-0.1, -0.05) is 20.8 Å². The molecular weight excluding hydrogens is 226 g/mol. The van der Waals surface area contributed by atoms with Gasteiger partial charge in [0.15, 0.2) is 0 Å². The number of hydrogen-bond donors (Lipinski definition) is 0. The predicted molar refractivity (Wildman–Crippen MR) is 52.2 cm³/mol. The van der Waals surface area contributed by atoms with Crippen molar-refractivity contribution in [2.75, 3.05) is 0 Å². The molecule has 0 aromatic rings. The van der Waals surface area contributed by atoms with E-state index in [2.05, 4.69) is 20.8 Å². The fourth-order valence-corrected chi connectivity index (χ4v) is 2.90. The molecule has 0 aromatic carbocycles. The van der Waals surface area contributed by atoms with Crippen LogP contribution in [-0.2, 0) is 24.3 Å². The smallest absolute Gasteiger partial charge is 1.00 e. The Hall–Kier alpha value is 1.06. The van der Waals surface area contributed by atoms with Crippen molar-refractivity contribution in [1.29, 1.82) is 0 Å². The van der Waals surface area contributed by atoms with Gasteiger partial charge in [-0.15, -0.1) is 0 Å². The molecule has 0 spiro atoms. The van der Waals surface area contributed by atoms with Gasteiger partial charge in [0, 0.05) is 31.3 Å². The minimum absolute atomic E-state index is 0. The van der Waals surface area contributed by atoms with Crippen LogP contribution in [0, 0.1) is 16.7 Å². The number of rotatable bonds is 0. The third-order valence-electron chi connectivity index (χ3n) is 4.48. The Morgan fingerprint density at radius 2 is 1.92 bits per heavy atom. The molecule has 1 nitrogen and oxygen atoms in total. The van der Waals surface area contributed by atoms with Gasteiger partial charge in [0.1, 0.15) is 5.78 Å². The molecule has 13 heavy (non-hydrogen) atoms. The van der Waals surface area contributed by atoms with Crippen molar-refractivity contribution in [3.8, 4) is 0 Å². The van der Waals surface area contributed by atoms with Gasteiger partial charge >= 0.3 is 23.1 Å². The van der Waals surface area contributed by atoms with Crippen molar-refractivity contribution >= 4 is 28.8 Å². The Balaban J connectivity index is -0.000000360. The summed E-state index contributed by atoms with van der Waals surface area (Å²) >= 11 is 0. The molecule has 2 aliphatic carbocycles. The topological polar surface area (TPSA) is 17.1 Å². The summed E-state index contributed by atoms with van der Waals surface area (Å²) in [7, 11) is 0. The van der Waals surface area contributed by atoms with E-state index in [9.17, 15) is 4.79 Å². The van der Waals surface area contributed by atoms with E-state index in [0.717, 1.165) is 12.8 Å². The van der Waals surface area contributed by atoms with Crippen molar-refractivity contribution < 1.29 is 27.1 Å². The molecule has 0 amide bonds. The van der Waals surface area contributed by atoms with Crippen molar-refractivity contribution in [2.24, 2.45) is 16.7 Å². The molecule has 2 bridgehead atoms. The molecule has 2 saturated carbocycles. The zero-order valence-electron chi connectivity index (χ0n) is 11.0. The van der Waals surface area contributed by atoms with E-state index in [-0.39, 0.29) is 56.2 Å². The van der Waals surface area contributed by atoms with Crippen LogP contribution in [0.3, 0.4) is 0 Å². The van der Waals surface area contributed by atoms with E-state index in [0.29, 0.717) is 11.7 Å². The summed E-state index contributed by atoms with van der Waals surface area (Å²) in [6, 6.07) is 0. The van der Waals surface area contributed by atoms with Crippen LogP contribution in [0.2, 0.25) is 0 Å². The normalized spacial score (nSPS) is 39.6. The average Bonchev–Trinajstić information content (AvgIpc) is 2.20. The summed E-state index contributed by atoms with van der Waals surface area (Å²) in [5.41, 5.74) is 0.307. The molecule has 3 heteroatoms. The van der Waals surface area contributed by atoms with Crippen LogP contribution >= 0.6 is 0 Å². The van der Waals surface area contributed by atoms with Gasteiger partial charge in [-0.25, -0.2) is 0 Å². The zero-order chi connectivity index (χ0) is 8.28. The monoisotopic (exact) mass is 242 g/mol. The first-order valence-electron chi connectivity index (χ1n) is 4.52. The Morgan fingerprint density at radius 1 is 1.38 bits per heavy atom. The van der Waals surface area contributed by atoms with Gasteiger partial charge in [0.25, 0.3) is 0 Å². The van der Waals surface area contributed by atoms with Gasteiger partial charge in [0.2, 0.25) is 0 Å². The van der Waals surface area contributed by atoms with Crippen LogP contribution in [0.4, 0.5) is 0 Å². The van der Waals surface area contributed by atoms with Gasteiger partial charge < -0.3 is 2.85 Å². The summed E-state index contributed by atoms with van der Waals surface area (Å²) in [5, 5.41) is 0. The SMILES string of the molecule is CC12CCC(CC1=O)C2(C)C.[H-].[H-].[Mg+2].[Zn]. The first kappa shape index (κ1) is 14.1. The van der Waals surface area contributed by atoms with E-state index in [1.165, 1.54) is 6.42 Å². The van der Waals surface area contributed by atoms with E-state index < -0.39 is 0 Å². The maximum absolute atomic E-state index is 11.6. The van der Waals surface area contributed by atoms with Gasteiger partial charge in [-0.3, -0.25) is 4.79 Å². The number of ketones is 1. The summed E-state index contributed by atoms with van der Waals surface area (Å²) in [4.78, 5) is 11.6. The summed E-state index contributed by atoms with van der Waals surface area (Å²) in [6.07, 6.45) is 3.25. The Morgan fingerprint density at radius 3 is 2.08 bits per heavy atom.